The Morgan fingerprint density at radius 3 is 2.85 bits per heavy atom. The zero-order valence-electron chi connectivity index (χ0n) is 6.66. The molecule has 0 atom stereocenters. The molecule has 2 aromatic rings. The summed E-state index contributed by atoms with van der Waals surface area (Å²) < 4.78 is 0.680. The van der Waals surface area contributed by atoms with Crippen LogP contribution in [0.4, 0.5) is 0 Å². The van der Waals surface area contributed by atoms with Crippen molar-refractivity contribution in [3.63, 3.8) is 0 Å². The van der Waals surface area contributed by atoms with E-state index in [1.165, 1.54) is 0 Å². The molecule has 2 rings (SSSR count). The van der Waals surface area contributed by atoms with E-state index in [2.05, 4.69) is 26.1 Å². The van der Waals surface area contributed by atoms with Crippen molar-refractivity contribution in [2.24, 2.45) is 0 Å². The summed E-state index contributed by atoms with van der Waals surface area (Å²) >= 11 is 3.25. The highest BCUT2D eigenvalue weighted by atomic mass is 79.9. The number of halogens is 1. The number of aromatic hydroxyl groups is 1. The summed E-state index contributed by atoms with van der Waals surface area (Å²) in [5.74, 6) is 0.228. The normalized spacial score (nSPS) is 10.2. The van der Waals surface area contributed by atoms with Crippen LogP contribution in [0, 0.1) is 0 Å². The van der Waals surface area contributed by atoms with Crippen LogP contribution in [-0.2, 0) is 0 Å². The summed E-state index contributed by atoms with van der Waals surface area (Å²) in [5, 5.41) is 16.3. The zero-order chi connectivity index (χ0) is 9.26. The monoisotopic (exact) mass is 238 g/mol. The highest BCUT2D eigenvalue weighted by Crippen LogP contribution is 2.33. The van der Waals surface area contributed by atoms with Crippen LogP contribution in [-0.4, -0.2) is 15.3 Å². The topological polar surface area (TPSA) is 48.9 Å². The Kier molecular flexibility index (Phi) is 2.06. The smallest absolute Gasteiger partial charge is 0.139 e. The Bertz CT molecular complexity index is 412. The molecule has 3 nitrogen and oxygen atoms in total. The number of phenols is 1. The number of H-pyrrole nitrogens is 1. The molecule has 0 aliphatic carbocycles. The number of aromatic amines is 1. The minimum Gasteiger partial charge on any atom is -0.506 e. The van der Waals surface area contributed by atoms with E-state index < -0.39 is 0 Å². The van der Waals surface area contributed by atoms with Crippen LogP contribution in [0.5, 0.6) is 5.75 Å². The van der Waals surface area contributed by atoms with Crippen molar-refractivity contribution < 1.29 is 5.11 Å². The molecule has 0 aliphatic rings. The van der Waals surface area contributed by atoms with Crippen LogP contribution < -0.4 is 0 Å². The molecular formula is C9H7BrN2O. The van der Waals surface area contributed by atoms with Gasteiger partial charge in [-0.1, -0.05) is 6.07 Å². The number of benzene rings is 1. The van der Waals surface area contributed by atoms with Gasteiger partial charge in [0.2, 0.25) is 0 Å². The molecule has 0 saturated carbocycles. The van der Waals surface area contributed by atoms with Gasteiger partial charge in [-0.2, -0.15) is 5.10 Å². The van der Waals surface area contributed by atoms with Gasteiger partial charge in [-0.15, -0.1) is 0 Å². The third kappa shape index (κ3) is 1.45. The predicted octanol–water partition coefficient (Wildman–Crippen LogP) is 2.54. The van der Waals surface area contributed by atoms with Crippen molar-refractivity contribution in [3.05, 3.63) is 34.9 Å². The first-order chi connectivity index (χ1) is 6.29. The molecule has 2 N–H and O–H groups in total. The minimum atomic E-state index is 0.228. The summed E-state index contributed by atoms with van der Waals surface area (Å²) in [7, 11) is 0. The average molecular weight is 239 g/mol. The van der Waals surface area contributed by atoms with E-state index >= 15 is 0 Å². The second-order valence-corrected chi connectivity index (χ2v) is 3.46. The summed E-state index contributed by atoms with van der Waals surface area (Å²) in [6.45, 7) is 0. The zero-order valence-corrected chi connectivity index (χ0v) is 8.25. The second-order valence-electron chi connectivity index (χ2n) is 2.61. The molecule has 0 amide bonds. The molecule has 1 aromatic heterocycles. The number of aromatic nitrogens is 2. The molecule has 1 heterocycles. The maximum absolute atomic E-state index is 9.67. The lowest BCUT2D eigenvalue weighted by Gasteiger charge is -2.02. The first-order valence-electron chi connectivity index (χ1n) is 3.76. The van der Waals surface area contributed by atoms with Crippen LogP contribution in [0.2, 0.25) is 0 Å². The Hall–Kier alpha value is -1.29. The van der Waals surface area contributed by atoms with E-state index in [0.29, 0.717) is 4.47 Å². The largest absolute Gasteiger partial charge is 0.506 e. The van der Waals surface area contributed by atoms with Gasteiger partial charge < -0.3 is 5.11 Å². The van der Waals surface area contributed by atoms with Crippen molar-refractivity contribution in [3.8, 4) is 17.0 Å². The van der Waals surface area contributed by atoms with Crippen molar-refractivity contribution in [1.82, 2.24) is 10.2 Å². The van der Waals surface area contributed by atoms with Gasteiger partial charge in [0.05, 0.1) is 10.2 Å². The minimum absolute atomic E-state index is 0.228. The summed E-state index contributed by atoms with van der Waals surface area (Å²) in [5.41, 5.74) is 1.55. The van der Waals surface area contributed by atoms with Crippen molar-refractivity contribution in [2.75, 3.05) is 0 Å². The maximum atomic E-state index is 9.67. The van der Waals surface area contributed by atoms with Gasteiger partial charge in [-0.25, -0.2) is 0 Å². The Morgan fingerprint density at radius 1 is 1.31 bits per heavy atom. The molecule has 4 heteroatoms. The van der Waals surface area contributed by atoms with E-state index in [9.17, 15) is 5.11 Å². The molecule has 0 aliphatic heterocycles. The van der Waals surface area contributed by atoms with Gasteiger partial charge >= 0.3 is 0 Å². The van der Waals surface area contributed by atoms with E-state index in [1.54, 1.807) is 12.3 Å². The lowest BCUT2D eigenvalue weighted by molar-refractivity contribution is 0.474. The van der Waals surface area contributed by atoms with Gasteiger partial charge in [0, 0.05) is 11.8 Å². The summed E-state index contributed by atoms with van der Waals surface area (Å²) in [6.07, 6.45) is 1.65. The molecule has 0 radical (unpaired) electrons. The van der Waals surface area contributed by atoms with Crippen molar-refractivity contribution >= 4 is 15.9 Å². The number of nitrogens with one attached hydrogen (secondary N) is 1. The van der Waals surface area contributed by atoms with Gasteiger partial charge in [0.1, 0.15) is 5.75 Å². The fourth-order valence-electron chi connectivity index (χ4n) is 1.14. The summed E-state index contributed by atoms with van der Waals surface area (Å²) in [6, 6.07) is 7.28. The Morgan fingerprint density at radius 2 is 2.15 bits per heavy atom. The van der Waals surface area contributed by atoms with Gasteiger partial charge in [0.15, 0.2) is 0 Å². The third-order valence-electron chi connectivity index (χ3n) is 1.78. The van der Waals surface area contributed by atoms with Gasteiger partial charge in [-0.3, -0.25) is 5.10 Å². The molecule has 0 spiro atoms. The number of hydrogen-bond acceptors (Lipinski definition) is 2. The van der Waals surface area contributed by atoms with Crippen LogP contribution in [0.1, 0.15) is 0 Å². The number of phenolic OH excluding ortho intramolecular Hbond substituents is 1. The maximum Gasteiger partial charge on any atom is 0.139 e. The van der Waals surface area contributed by atoms with Crippen LogP contribution in [0.3, 0.4) is 0 Å². The molecule has 66 valence electrons. The van der Waals surface area contributed by atoms with E-state index in [4.69, 9.17) is 0 Å². The fraction of sp³-hybridized carbons (Fsp3) is 0. The fourth-order valence-corrected chi connectivity index (χ4v) is 1.50. The van der Waals surface area contributed by atoms with Gasteiger partial charge in [0.25, 0.3) is 0 Å². The van der Waals surface area contributed by atoms with Crippen LogP contribution in [0.25, 0.3) is 11.3 Å². The molecule has 0 bridgehead atoms. The number of rotatable bonds is 1. The van der Waals surface area contributed by atoms with E-state index in [1.807, 2.05) is 18.2 Å². The average Bonchev–Trinajstić information content (AvgIpc) is 2.62. The third-order valence-corrected chi connectivity index (χ3v) is 2.42. The second kappa shape index (κ2) is 3.22. The van der Waals surface area contributed by atoms with E-state index in [0.717, 1.165) is 11.3 Å². The highest BCUT2D eigenvalue weighted by Gasteiger charge is 2.07. The van der Waals surface area contributed by atoms with Crippen LogP contribution in [0.15, 0.2) is 34.9 Å². The molecule has 0 unspecified atom stereocenters. The molecule has 13 heavy (non-hydrogen) atoms. The van der Waals surface area contributed by atoms with Crippen molar-refractivity contribution in [1.29, 1.82) is 0 Å². The van der Waals surface area contributed by atoms with Crippen LogP contribution >= 0.6 is 15.9 Å². The predicted molar refractivity (Wildman–Crippen MR) is 53.4 cm³/mol. The molecule has 0 saturated heterocycles. The number of nitrogens with zero attached hydrogens (tertiary/aromatic N) is 1. The lowest BCUT2D eigenvalue weighted by atomic mass is 10.1. The number of hydrogen-bond donors (Lipinski definition) is 2. The Labute approximate surface area is 83.5 Å². The van der Waals surface area contributed by atoms with Crippen molar-refractivity contribution in [2.45, 2.75) is 0 Å². The van der Waals surface area contributed by atoms with Gasteiger partial charge in [-0.05, 0) is 34.1 Å². The summed E-state index contributed by atoms with van der Waals surface area (Å²) in [4.78, 5) is 0. The lowest BCUT2D eigenvalue weighted by Crippen LogP contribution is -1.79. The first kappa shape index (κ1) is 8.31. The molecule has 1 aromatic carbocycles. The number of para-hydroxylation sites is 1. The quantitative estimate of drug-likeness (QED) is 0.803. The highest BCUT2D eigenvalue weighted by molar-refractivity contribution is 9.10. The standard InChI is InChI=1S/C9H7BrN2O/c10-7-3-1-2-6(9(7)13)8-4-5-11-12-8/h1-5,13H,(H,11,12). The molecular weight excluding hydrogens is 232 g/mol. The molecule has 0 fully saturated rings. The van der Waals surface area contributed by atoms with E-state index in [-0.39, 0.29) is 5.75 Å². The SMILES string of the molecule is Oc1c(Br)cccc1-c1ccn[nH]1. The first-order valence-corrected chi connectivity index (χ1v) is 4.55. The Balaban J connectivity index is 2.59.